The Balaban J connectivity index is 1.56. The molecule has 0 fully saturated rings. The number of ether oxygens (including phenoxy) is 1. The lowest BCUT2D eigenvalue weighted by Gasteiger charge is -2.16. The third-order valence-electron chi connectivity index (χ3n) is 4.98. The van der Waals surface area contributed by atoms with Crippen LogP contribution in [0.4, 0.5) is 21.9 Å². The molecule has 1 aliphatic heterocycles. The minimum Gasteiger partial charge on any atom is -0.454 e. The van der Waals surface area contributed by atoms with Gasteiger partial charge in [-0.2, -0.15) is 0 Å². The molecule has 0 aromatic heterocycles. The summed E-state index contributed by atoms with van der Waals surface area (Å²) < 4.78 is 5.93. The Bertz CT molecular complexity index is 1120. The van der Waals surface area contributed by atoms with Gasteiger partial charge in [-0.15, -0.1) is 0 Å². The molecule has 0 saturated heterocycles. The molecule has 1 aliphatic rings. The molecule has 3 aromatic rings. The minimum atomic E-state index is -0.383. The number of hydrogen-bond acceptors (Lipinski definition) is 3. The molecule has 6 nitrogen and oxygen atoms in total. The summed E-state index contributed by atoms with van der Waals surface area (Å²) in [6.45, 7) is 4.01. The Morgan fingerprint density at radius 2 is 1.55 bits per heavy atom. The third kappa shape index (κ3) is 3.65. The third-order valence-corrected chi connectivity index (χ3v) is 4.98. The van der Waals surface area contributed by atoms with Gasteiger partial charge in [0.25, 0.3) is 5.91 Å². The highest BCUT2D eigenvalue weighted by Gasteiger charge is 2.25. The zero-order valence-corrected chi connectivity index (χ0v) is 16.4. The molecule has 29 heavy (non-hydrogen) atoms. The fraction of sp³-hybridized carbons (Fsp3) is 0.130. The van der Waals surface area contributed by atoms with Crippen molar-refractivity contribution in [2.24, 2.45) is 0 Å². The second-order valence-corrected chi connectivity index (χ2v) is 7.02. The molecular weight excluding hydrogens is 366 g/mol. The predicted octanol–water partition coefficient (Wildman–Crippen LogP) is 5.33. The van der Waals surface area contributed by atoms with Gasteiger partial charge in [0, 0.05) is 18.4 Å². The molecule has 2 N–H and O–H groups in total. The van der Waals surface area contributed by atoms with Gasteiger partial charge in [-0.25, -0.2) is 4.79 Å². The smallest absolute Gasteiger partial charge is 0.323 e. The second-order valence-electron chi connectivity index (χ2n) is 7.02. The standard InChI is InChI=1S/C23H21N3O3/c1-14-8-9-16(12-15(14)2)24-23(28)25-17-10-11-20-18(13-17)22(27)26(3)19-6-4-5-7-21(19)29-20/h4-13H,1-3H3,(H2,24,25,28). The van der Waals surface area contributed by atoms with Crippen molar-refractivity contribution in [3.63, 3.8) is 0 Å². The van der Waals surface area contributed by atoms with Crippen LogP contribution in [0.2, 0.25) is 0 Å². The number of amides is 3. The van der Waals surface area contributed by atoms with Gasteiger partial charge in [-0.3, -0.25) is 4.79 Å². The van der Waals surface area contributed by atoms with Crippen molar-refractivity contribution in [3.8, 4) is 11.5 Å². The second kappa shape index (κ2) is 7.31. The molecular formula is C23H21N3O3. The SMILES string of the molecule is Cc1ccc(NC(=O)Nc2ccc3c(c2)C(=O)N(C)c2ccccc2O3)cc1C. The van der Waals surface area contributed by atoms with Crippen LogP contribution in [-0.4, -0.2) is 19.0 Å². The molecule has 146 valence electrons. The van der Waals surface area contributed by atoms with Crippen molar-refractivity contribution in [3.05, 3.63) is 77.4 Å². The normalized spacial score (nSPS) is 12.4. The highest BCUT2D eigenvalue weighted by molar-refractivity contribution is 6.10. The summed E-state index contributed by atoms with van der Waals surface area (Å²) in [5.41, 5.74) is 4.53. The quantitative estimate of drug-likeness (QED) is 0.624. The Kier molecular flexibility index (Phi) is 4.68. The van der Waals surface area contributed by atoms with E-state index in [1.165, 1.54) is 0 Å². The lowest BCUT2D eigenvalue weighted by atomic mass is 10.1. The number of nitrogens with one attached hydrogen (secondary N) is 2. The van der Waals surface area contributed by atoms with Gasteiger partial charge in [0.1, 0.15) is 5.75 Å². The van der Waals surface area contributed by atoms with Gasteiger partial charge >= 0.3 is 6.03 Å². The summed E-state index contributed by atoms with van der Waals surface area (Å²) in [6.07, 6.45) is 0. The number of rotatable bonds is 2. The van der Waals surface area contributed by atoms with Gasteiger partial charge in [-0.1, -0.05) is 18.2 Å². The molecule has 0 saturated carbocycles. The van der Waals surface area contributed by atoms with Crippen LogP contribution in [0.25, 0.3) is 0 Å². The first-order valence-electron chi connectivity index (χ1n) is 9.26. The number of urea groups is 1. The van der Waals surface area contributed by atoms with E-state index in [4.69, 9.17) is 4.74 Å². The topological polar surface area (TPSA) is 70.7 Å². The summed E-state index contributed by atoms with van der Waals surface area (Å²) in [5.74, 6) is 0.852. The van der Waals surface area contributed by atoms with Crippen molar-refractivity contribution < 1.29 is 14.3 Å². The maximum atomic E-state index is 12.9. The average Bonchev–Trinajstić information content (AvgIpc) is 2.80. The molecule has 0 aliphatic carbocycles. The molecule has 3 aromatic carbocycles. The van der Waals surface area contributed by atoms with Gasteiger partial charge in [0.15, 0.2) is 5.75 Å². The number of benzene rings is 3. The lowest BCUT2D eigenvalue weighted by molar-refractivity contribution is 0.0993. The molecule has 0 spiro atoms. The number of carbonyl (C=O) groups is 2. The van der Waals surface area contributed by atoms with Crippen molar-refractivity contribution in [2.75, 3.05) is 22.6 Å². The molecule has 1 heterocycles. The fourth-order valence-corrected chi connectivity index (χ4v) is 3.21. The Morgan fingerprint density at radius 1 is 0.862 bits per heavy atom. The molecule has 4 rings (SSSR count). The predicted molar refractivity (Wildman–Crippen MR) is 114 cm³/mol. The molecule has 0 bridgehead atoms. The monoisotopic (exact) mass is 387 g/mol. The van der Waals surface area contributed by atoms with Gasteiger partial charge in [-0.05, 0) is 67.4 Å². The first kappa shape index (κ1) is 18.6. The first-order valence-corrected chi connectivity index (χ1v) is 9.26. The van der Waals surface area contributed by atoms with E-state index in [2.05, 4.69) is 10.6 Å². The number of carbonyl (C=O) groups excluding carboxylic acids is 2. The summed E-state index contributed by atoms with van der Waals surface area (Å²) in [7, 11) is 1.70. The van der Waals surface area contributed by atoms with Crippen LogP contribution in [0, 0.1) is 13.8 Å². The van der Waals surface area contributed by atoms with E-state index in [-0.39, 0.29) is 11.9 Å². The molecule has 3 amide bonds. The fourth-order valence-electron chi connectivity index (χ4n) is 3.21. The van der Waals surface area contributed by atoms with Crippen molar-refractivity contribution >= 4 is 29.0 Å². The van der Waals surface area contributed by atoms with Crippen LogP contribution in [-0.2, 0) is 0 Å². The summed E-state index contributed by atoms with van der Waals surface area (Å²) in [6, 6.07) is 17.7. The summed E-state index contributed by atoms with van der Waals surface area (Å²) in [4.78, 5) is 26.8. The highest BCUT2D eigenvalue weighted by Crippen LogP contribution is 2.38. The van der Waals surface area contributed by atoms with Crippen LogP contribution >= 0.6 is 0 Å². The number of nitrogens with zero attached hydrogens (tertiary/aromatic N) is 1. The number of para-hydroxylation sites is 2. The van der Waals surface area contributed by atoms with Crippen molar-refractivity contribution in [1.29, 1.82) is 0 Å². The van der Waals surface area contributed by atoms with Crippen LogP contribution < -0.4 is 20.3 Å². The molecule has 0 unspecified atom stereocenters. The summed E-state index contributed by atoms with van der Waals surface area (Å²) in [5, 5.41) is 5.58. The van der Waals surface area contributed by atoms with Crippen LogP contribution in [0.3, 0.4) is 0 Å². The first-order chi connectivity index (χ1) is 13.9. The van der Waals surface area contributed by atoms with E-state index >= 15 is 0 Å². The molecule has 0 radical (unpaired) electrons. The number of hydrogen-bond donors (Lipinski definition) is 2. The van der Waals surface area contributed by atoms with Crippen molar-refractivity contribution in [1.82, 2.24) is 0 Å². The largest absolute Gasteiger partial charge is 0.454 e. The molecule has 6 heteroatoms. The van der Waals surface area contributed by atoms with Crippen LogP contribution in [0.1, 0.15) is 21.5 Å². The Labute approximate surface area is 169 Å². The van der Waals surface area contributed by atoms with Gasteiger partial charge in [0.05, 0.1) is 11.3 Å². The number of fused-ring (bicyclic) bond motifs is 2. The van der Waals surface area contributed by atoms with Gasteiger partial charge < -0.3 is 20.3 Å². The zero-order chi connectivity index (χ0) is 20.5. The van der Waals surface area contributed by atoms with Crippen molar-refractivity contribution in [2.45, 2.75) is 13.8 Å². The minimum absolute atomic E-state index is 0.205. The maximum absolute atomic E-state index is 12.9. The van der Waals surface area contributed by atoms with Crippen LogP contribution in [0.15, 0.2) is 60.7 Å². The van der Waals surface area contributed by atoms with E-state index in [9.17, 15) is 9.59 Å². The van der Waals surface area contributed by atoms with E-state index in [1.807, 2.05) is 56.3 Å². The summed E-state index contributed by atoms with van der Waals surface area (Å²) >= 11 is 0. The lowest BCUT2D eigenvalue weighted by Crippen LogP contribution is -2.25. The molecule has 0 atom stereocenters. The average molecular weight is 387 g/mol. The van der Waals surface area contributed by atoms with E-state index < -0.39 is 0 Å². The van der Waals surface area contributed by atoms with Crippen LogP contribution in [0.5, 0.6) is 11.5 Å². The highest BCUT2D eigenvalue weighted by atomic mass is 16.5. The number of anilines is 3. The van der Waals surface area contributed by atoms with Gasteiger partial charge in [0.2, 0.25) is 0 Å². The van der Waals surface area contributed by atoms with E-state index in [0.29, 0.717) is 34.1 Å². The zero-order valence-electron chi connectivity index (χ0n) is 16.4. The maximum Gasteiger partial charge on any atom is 0.323 e. The van der Waals surface area contributed by atoms with E-state index in [1.54, 1.807) is 30.1 Å². The Morgan fingerprint density at radius 3 is 2.31 bits per heavy atom. The Hall–Kier alpha value is -3.80. The van der Waals surface area contributed by atoms with E-state index in [0.717, 1.165) is 11.1 Å². The number of aryl methyl sites for hydroxylation is 2.